The molecule has 0 N–H and O–H groups in total. The van der Waals surface area contributed by atoms with E-state index in [1.54, 1.807) is 0 Å². The summed E-state index contributed by atoms with van der Waals surface area (Å²) in [5.74, 6) is 1.09. The summed E-state index contributed by atoms with van der Waals surface area (Å²) < 4.78 is 26.2. The molecule has 0 saturated carbocycles. The predicted molar refractivity (Wildman–Crippen MR) is 249 cm³/mol. The van der Waals surface area contributed by atoms with Crippen LogP contribution in [0.15, 0.2) is 138 Å². The topological polar surface area (TPSA) is 56.7 Å². The number of nitrogens with zero attached hydrogens (tertiary/aromatic N) is 4. The number of para-hydroxylation sites is 1. The van der Waals surface area contributed by atoms with Crippen LogP contribution < -0.4 is 5.19 Å². The first kappa shape index (κ1) is 40.0. The van der Waals surface area contributed by atoms with E-state index in [2.05, 4.69) is 121 Å². The Hall–Kier alpha value is -5.46. The Labute approximate surface area is 372 Å². The van der Waals surface area contributed by atoms with E-state index >= 15 is 0 Å². The maximum atomic E-state index is 8.75. The number of furan rings is 1. The van der Waals surface area contributed by atoms with Crippen molar-refractivity contribution in [3.63, 3.8) is 0 Å². The molecule has 305 valence electrons. The zero-order valence-corrected chi connectivity index (χ0v) is 39.2. The Morgan fingerprint density at radius 1 is 0.800 bits per heavy atom. The number of aromatic nitrogens is 4. The predicted octanol–water partition coefficient (Wildman–Crippen LogP) is 13.6. The minimum Gasteiger partial charge on any atom is -0.501 e. The number of fused-ring (bicyclic) bond motifs is 4. The number of imidazole rings is 1. The summed E-state index contributed by atoms with van der Waals surface area (Å²) in [7, 11) is -1.70. The van der Waals surface area contributed by atoms with Gasteiger partial charge in [0.1, 0.15) is 5.58 Å². The number of benzene rings is 5. The molecule has 0 amide bonds. The van der Waals surface area contributed by atoms with Crippen LogP contribution in [-0.2, 0) is 26.5 Å². The molecule has 9 aromatic rings. The van der Waals surface area contributed by atoms with Crippen molar-refractivity contribution < 1.29 is 27.3 Å². The molecular formula is C53H52IrN4OSi-2. The van der Waals surface area contributed by atoms with Gasteiger partial charge in [-0.15, -0.1) is 54.1 Å². The second-order valence-corrected chi connectivity index (χ2v) is 22.6. The first-order valence-corrected chi connectivity index (χ1v) is 23.9. The number of hydrogen-bond donors (Lipinski definition) is 0. The number of hydrogen-bond acceptors (Lipinski definition) is 4. The van der Waals surface area contributed by atoms with Crippen molar-refractivity contribution in [1.82, 2.24) is 19.5 Å². The van der Waals surface area contributed by atoms with Gasteiger partial charge in [0.2, 0.25) is 0 Å². The molecule has 7 heteroatoms. The molecule has 4 heterocycles. The minimum atomic E-state index is -1.70. The van der Waals surface area contributed by atoms with Crippen LogP contribution in [0.5, 0.6) is 0 Å². The van der Waals surface area contributed by atoms with Crippen molar-refractivity contribution in [2.45, 2.75) is 73.5 Å². The molecule has 0 bridgehead atoms. The molecule has 0 unspecified atom stereocenters. The molecule has 0 aliphatic rings. The van der Waals surface area contributed by atoms with Crippen LogP contribution in [0.2, 0.25) is 19.6 Å². The van der Waals surface area contributed by atoms with E-state index in [4.69, 9.17) is 12.1 Å². The third-order valence-electron chi connectivity index (χ3n) is 10.5. The maximum Gasteiger partial charge on any atom is 0.120 e. The van der Waals surface area contributed by atoms with Gasteiger partial charge >= 0.3 is 0 Å². The van der Waals surface area contributed by atoms with Crippen LogP contribution >= 0.6 is 0 Å². The molecule has 1 radical (unpaired) electrons. The molecule has 0 aliphatic carbocycles. The van der Waals surface area contributed by atoms with E-state index in [1.165, 1.54) is 16.7 Å². The first-order valence-electron chi connectivity index (χ1n) is 21.4. The molecule has 4 aromatic heterocycles. The Balaban J connectivity index is 0.000000208. The van der Waals surface area contributed by atoms with E-state index in [9.17, 15) is 0 Å². The van der Waals surface area contributed by atoms with E-state index in [1.807, 2.05) is 101 Å². The molecule has 0 aliphatic heterocycles. The summed E-state index contributed by atoms with van der Waals surface area (Å²) in [6.07, 6.45) is 2.29. The maximum absolute atomic E-state index is 8.75. The second-order valence-electron chi connectivity index (χ2n) is 17.5. The van der Waals surface area contributed by atoms with E-state index in [0.29, 0.717) is 5.92 Å². The fraction of sp³-hybridized carbons (Fsp3) is 0.226. The zero-order valence-electron chi connectivity index (χ0n) is 37.8. The summed E-state index contributed by atoms with van der Waals surface area (Å²) in [5, 5.41) is 3.25. The Morgan fingerprint density at radius 3 is 2.27 bits per heavy atom. The number of pyridine rings is 2. The van der Waals surface area contributed by atoms with Gasteiger partial charge in [-0.2, -0.15) is 0 Å². The monoisotopic (exact) mass is 983 g/mol. The van der Waals surface area contributed by atoms with Crippen molar-refractivity contribution in [2.75, 3.05) is 0 Å². The van der Waals surface area contributed by atoms with Gasteiger partial charge in [-0.3, -0.25) is 9.97 Å². The van der Waals surface area contributed by atoms with Crippen molar-refractivity contribution in [2.24, 2.45) is 5.41 Å². The largest absolute Gasteiger partial charge is 0.501 e. The minimum absolute atomic E-state index is 0. The van der Waals surface area contributed by atoms with Gasteiger partial charge in [0, 0.05) is 46.3 Å². The van der Waals surface area contributed by atoms with Crippen LogP contribution in [-0.4, -0.2) is 27.6 Å². The average molecular weight is 983 g/mol. The van der Waals surface area contributed by atoms with Gasteiger partial charge in [0.05, 0.1) is 36.2 Å². The van der Waals surface area contributed by atoms with E-state index in [-0.39, 0.29) is 20.1 Å². The molecule has 0 fully saturated rings. The third kappa shape index (κ3) is 8.71. The van der Waals surface area contributed by atoms with Crippen molar-refractivity contribution in [3.05, 3.63) is 163 Å². The summed E-state index contributed by atoms with van der Waals surface area (Å²) in [4.78, 5) is 14.4. The van der Waals surface area contributed by atoms with Gasteiger partial charge in [-0.05, 0) is 76.5 Å². The summed E-state index contributed by atoms with van der Waals surface area (Å²) in [5.41, 5.74) is 12.1. The first-order chi connectivity index (χ1) is 29.0. The van der Waals surface area contributed by atoms with Crippen LogP contribution in [0.25, 0.3) is 72.4 Å². The smallest absolute Gasteiger partial charge is 0.120 e. The zero-order chi connectivity index (χ0) is 43.3. The molecule has 9 rings (SSSR count). The molecule has 5 nitrogen and oxygen atoms in total. The van der Waals surface area contributed by atoms with Crippen LogP contribution in [0.4, 0.5) is 0 Å². The molecular weight excluding hydrogens is 929 g/mol. The summed E-state index contributed by atoms with van der Waals surface area (Å²) in [6.45, 7) is 19.1. The Morgan fingerprint density at radius 2 is 1.55 bits per heavy atom. The van der Waals surface area contributed by atoms with E-state index in [0.717, 1.165) is 77.7 Å². The van der Waals surface area contributed by atoms with Gasteiger partial charge in [-0.1, -0.05) is 131 Å². The van der Waals surface area contributed by atoms with Crippen LogP contribution in [0.3, 0.4) is 0 Å². The van der Waals surface area contributed by atoms with Gasteiger partial charge in [-0.25, -0.2) is 0 Å². The van der Waals surface area contributed by atoms with Gasteiger partial charge < -0.3 is 14.0 Å². The van der Waals surface area contributed by atoms with Crippen LogP contribution in [0.1, 0.15) is 60.1 Å². The van der Waals surface area contributed by atoms with Gasteiger partial charge in [0.15, 0.2) is 0 Å². The van der Waals surface area contributed by atoms with Crippen molar-refractivity contribution >= 4 is 46.2 Å². The molecule has 0 atom stereocenters. The van der Waals surface area contributed by atoms with Gasteiger partial charge in [0.25, 0.3) is 0 Å². The average Bonchev–Trinajstić information content (AvgIpc) is 3.83. The summed E-state index contributed by atoms with van der Waals surface area (Å²) >= 11 is 0. The number of rotatable bonds is 7. The summed E-state index contributed by atoms with van der Waals surface area (Å²) in [6, 6.07) is 47.7. The second kappa shape index (κ2) is 17.3. The van der Waals surface area contributed by atoms with Crippen molar-refractivity contribution in [3.8, 4) is 39.5 Å². The van der Waals surface area contributed by atoms with E-state index < -0.39 is 19.9 Å². The number of aryl methyl sites for hydroxylation is 1. The SMILES string of the molecule is Cc1nccc2nc(-c3[c-]ccc4c3oc3ccccc34)n(-c3ccc(-c4ccccc4)cc3C(C)C)c12.[2H]C([2H])(c1cc(-c2[c-]cccc2)ncc1[Si](C)(C)C)C(C)(C)C.[Ir]. The Kier molecular flexibility index (Phi) is 11.5. The fourth-order valence-electron chi connectivity index (χ4n) is 7.73. The molecule has 60 heavy (non-hydrogen) atoms. The Bertz CT molecular complexity index is 3020. The standard InChI is InChI=1S/C34H26N3O.C19H26NSi.Ir/c1-21(2)28-20-24(23-10-5-4-6-11-23)16-17-30(28)37-32-22(3)35-19-18-29(32)36-34(37)27-14-9-13-26-25-12-7-8-15-31(25)38-33(26)27;1-19(2,3)13-16-12-17(15-10-8-7-9-11-15)20-14-18(16)21(4,5)6;/h4-13,15-21H,1-3H3;7-10,12,14H,13H2,1-6H3;/q2*-1;/i;13D2;. The van der Waals surface area contributed by atoms with Crippen LogP contribution in [0, 0.1) is 24.5 Å². The quantitative estimate of drug-likeness (QED) is 0.118. The molecule has 0 spiro atoms. The fourth-order valence-corrected chi connectivity index (χ4v) is 9.13. The molecule has 5 aromatic carbocycles. The van der Waals surface area contributed by atoms with Crippen molar-refractivity contribution in [1.29, 1.82) is 0 Å². The third-order valence-corrected chi connectivity index (χ3v) is 12.5. The normalized spacial score (nSPS) is 12.6. The molecule has 0 saturated heterocycles.